The van der Waals surface area contributed by atoms with E-state index in [0.29, 0.717) is 85.3 Å². The molecule has 5 saturated carbocycles. The Kier molecular flexibility index (Phi) is 12.0. The van der Waals surface area contributed by atoms with Gasteiger partial charge in [0.05, 0.1) is 37.8 Å². The Morgan fingerprint density at radius 1 is 0.850 bits per heavy atom. The van der Waals surface area contributed by atoms with Gasteiger partial charge in [0.25, 0.3) is 5.91 Å². The van der Waals surface area contributed by atoms with Crippen LogP contribution in [0.25, 0.3) is 0 Å². The molecular weight excluding hydrogens is 753 g/mol. The maximum Gasteiger partial charge on any atom is 0.356 e. The summed E-state index contributed by atoms with van der Waals surface area (Å²) in [6, 6.07) is 15.4. The predicted molar refractivity (Wildman–Crippen MR) is 231 cm³/mol. The lowest BCUT2D eigenvalue weighted by molar-refractivity contribution is -0.214. The summed E-state index contributed by atoms with van der Waals surface area (Å²) < 4.78 is 12.4. The Labute approximate surface area is 357 Å². The number of ether oxygens (including phenoxy) is 2. The van der Waals surface area contributed by atoms with Crippen LogP contribution in [0, 0.1) is 51.2 Å². The topological polar surface area (TPSA) is 132 Å². The van der Waals surface area contributed by atoms with E-state index in [9.17, 15) is 19.5 Å². The number of methoxy groups -OCH3 is 1. The molecule has 9 unspecified atom stereocenters. The SMILES string of the molecule is COC(=O)c1cncn1CCCOc1ccc(CNC(=O)c2cccc(CCNC(=O)C34CCCC3C3CCC5C(C)(CCC6C(C)(C)C(O)CCC65C)C3CC4)c2)cc1. The van der Waals surface area contributed by atoms with Crippen LogP contribution in [-0.4, -0.2) is 58.8 Å². The Morgan fingerprint density at radius 2 is 1.65 bits per heavy atom. The van der Waals surface area contributed by atoms with Gasteiger partial charge in [-0.15, -0.1) is 0 Å². The number of rotatable bonds is 13. The molecule has 1 aromatic heterocycles. The number of fused-ring (bicyclic) bond motifs is 7. The van der Waals surface area contributed by atoms with Crippen LogP contribution in [0.2, 0.25) is 0 Å². The van der Waals surface area contributed by atoms with Crippen LogP contribution in [0.15, 0.2) is 61.1 Å². The molecule has 0 spiro atoms. The average molecular weight is 821 g/mol. The van der Waals surface area contributed by atoms with Crippen molar-refractivity contribution in [2.45, 2.75) is 130 Å². The summed E-state index contributed by atoms with van der Waals surface area (Å²) in [6.07, 6.45) is 16.9. The van der Waals surface area contributed by atoms with Crippen molar-refractivity contribution in [2.75, 3.05) is 20.3 Å². The van der Waals surface area contributed by atoms with Crippen LogP contribution in [0.5, 0.6) is 5.75 Å². The third-order valence-electron chi connectivity index (χ3n) is 17.1. The van der Waals surface area contributed by atoms with Gasteiger partial charge in [0.15, 0.2) is 0 Å². The summed E-state index contributed by atoms with van der Waals surface area (Å²) in [6.45, 7) is 11.9. The summed E-state index contributed by atoms with van der Waals surface area (Å²) in [5.41, 5.74) is 3.36. The molecule has 0 aliphatic heterocycles. The van der Waals surface area contributed by atoms with Crippen LogP contribution < -0.4 is 15.4 Å². The van der Waals surface area contributed by atoms with Crippen LogP contribution in [-0.2, 0) is 29.0 Å². The number of carbonyl (C=O) groups excluding carboxylic acids is 3. The first kappa shape index (κ1) is 42.5. The first-order valence-electron chi connectivity index (χ1n) is 22.9. The Balaban J connectivity index is 0.805. The number of aryl methyl sites for hydroxylation is 1. The van der Waals surface area contributed by atoms with Crippen molar-refractivity contribution in [3.05, 3.63) is 83.4 Å². The number of aliphatic hydroxyl groups excluding tert-OH is 1. The third-order valence-corrected chi connectivity index (χ3v) is 17.1. The van der Waals surface area contributed by atoms with Crippen molar-refractivity contribution in [1.82, 2.24) is 20.2 Å². The average Bonchev–Trinajstić information content (AvgIpc) is 3.92. The first-order chi connectivity index (χ1) is 28.8. The fraction of sp³-hybridized carbons (Fsp3) is 0.640. The number of amides is 2. The van der Waals surface area contributed by atoms with Crippen molar-refractivity contribution in [2.24, 2.45) is 51.2 Å². The quantitative estimate of drug-likeness (QED) is 0.116. The Hall–Kier alpha value is -4.18. The van der Waals surface area contributed by atoms with E-state index < -0.39 is 5.97 Å². The molecule has 2 aromatic carbocycles. The number of hydrogen-bond donors (Lipinski definition) is 3. The Morgan fingerprint density at radius 3 is 2.45 bits per heavy atom. The van der Waals surface area contributed by atoms with Crippen LogP contribution >= 0.6 is 0 Å². The highest BCUT2D eigenvalue weighted by atomic mass is 16.5. The maximum absolute atomic E-state index is 14.3. The molecule has 3 aromatic rings. The van der Waals surface area contributed by atoms with Gasteiger partial charge < -0.3 is 29.8 Å². The number of hydrogen-bond acceptors (Lipinski definition) is 7. The number of aliphatic hydroxyl groups is 1. The summed E-state index contributed by atoms with van der Waals surface area (Å²) >= 11 is 0. The summed E-state index contributed by atoms with van der Waals surface area (Å²) in [4.78, 5) is 43.4. The van der Waals surface area contributed by atoms with E-state index in [1.54, 1.807) is 10.9 Å². The van der Waals surface area contributed by atoms with Crippen LogP contribution in [0.1, 0.15) is 137 Å². The minimum Gasteiger partial charge on any atom is -0.494 e. The van der Waals surface area contributed by atoms with Gasteiger partial charge in [-0.05, 0) is 158 Å². The molecule has 0 saturated heterocycles. The largest absolute Gasteiger partial charge is 0.494 e. The highest BCUT2D eigenvalue weighted by Gasteiger charge is 2.67. The molecular formula is C50H68N4O6. The number of esters is 1. The molecule has 10 nitrogen and oxygen atoms in total. The lowest BCUT2D eigenvalue weighted by atomic mass is 9.36. The first-order valence-corrected chi connectivity index (χ1v) is 22.9. The van der Waals surface area contributed by atoms with Crippen molar-refractivity contribution in [3.8, 4) is 5.75 Å². The third kappa shape index (κ3) is 7.68. The monoisotopic (exact) mass is 821 g/mol. The molecule has 5 aliphatic carbocycles. The van der Waals surface area contributed by atoms with Gasteiger partial charge in [-0.1, -0.05) is 58.4 Å². The number of imidazole rings is 1. The standard InChI is InChI=1S/C50H68N4O6/c1-47(2)41-19-23-48(3)38-18-25-50(22-7-11-39(50)37(38)16-17-42(48)49(41,4)24-20-43(47)55)46(58)52-26-21-33-9-6-10-35(29-33)44(56)53-30-34-12-14-36(15-13-34)60-28-8-27-54-32-51-31-40(54)45(57)59-5/h6,9-10,12-15,29,31-32,37-39,41-43,55H,7-8,11,16-28,30H2,1-5H3,(H,52,58)(H,53,56). The van der Waals surface area contributed by atoms with Crippen molar-refractivity contribution in [3.63, 3.8) is 0 Å². The molecule has 324 valence electrons. The number of aromatic nitrogens is 2. The maximum atomic E-state index is 14.3. The van der Waals surface area contributed by atoms with Gasteiger partial charge in [-0.25, -0.2) is 9.78 Å². The molecule has 10 heteroatoms. The fourth-order valence-electron chi connectivity index (χ4n) is 14.1. The van der Waals surface area contributed by atoms with E-state index in [-0.39, 0.29) is 34.2 Å². The van der Waals surface area contributed by atoms with Gasteiger partial charge in [0, 0.05) is 25.2 Å². The normalized spacial score (nSPS) is 32.7. The summed E-state index contributed by atoms with van der Waals surface area (Å²) in [7, 11) is 1.35. The van der Waals surface area contributed by atoms with Crippen LogP contribution in [0.3, 0.4) is 0 Å². The second-order valence-electron chi connectivity index (χ2n) is 20.3. The lowest BCUT2D eigenvalue weighted by Crippen LogP contribution is -2.63. The van der Waals surface area contributed by atoms with E-state index in [1.807, 2.05) is 48.5 Å². The van der Waals surface area contributed by atoms with Crippen LogP contribution in [0.4, 0.5) is 0 Å². The highest BCUT2D eigenvalue weighted by molar-refractivity contribution is 5.94. The zero-order valence-corrected chi connectivity index (χ0v) is 36.6. The molecule has 9 atom stereocenters. The van der Waals surface area contributed by atoms with Gasteiger partial charge in [-0.2, -0.15) is 0 Å². The lowest BCUT2D eigenvalue weighted by Gasteiger charge is -2.69. The zero-order valence-electron chi connectivity index (χ0n) is 36.6. The molecule has 5 fully saturated rings. The van der Waals surface area contributed by atoms with E-state index in [2.05, 4.69) is 43.3 Å². The molecule has 5 aliphatic rings. The fourth-order valence-corrected chi connectivity index (χ4v) is 14.1. The van der Waals surface area contributed by atoms with Gasteiger partial charge >= 0.3 is 5.97 Å². The molecule has 60 heavy (non-hydrogen) atoms. The smallest absolute Gasteiger partial charge is 0.356 e. The van der Waals surface area contributed by atoms with Crippen molar-refractivity contribution < 1.29 is 29.0 Å². The van der Waals surface area contributed by atoms with E-state index in [4.69, 9.17) is 9.47 Å². The van der Waals surface area contributed by atoms with E-state index in [0.717, 1.165) is 49.0 Å². The summed E-state index contributed by atoms with van der Waals surface area (Å²) in [5, 5.41) is 17.5. The second-order valence-corrected chi connectivity index (χ2v) is 20.3. The molecule has 0 bridgehead atoms. The van der Waals surface area contributed by atoms with Crippen molar-refractivity contribution in [1.29, 1.82) is 0 Å². The molecule has 2 amide bonds. The van der Waals surface area contributed by atoms with Gasteiger partial charge in [0.1, 0.15) is 11.4 Å². The minimum absolute atomic E-state index is 0.0264. The summed E-state index contributed by atoms with van der Waals surface area (Å²) in [5.74, 6) is 3.53. The van der Waals surface area contributed by atoms with Crippen molar-refractivity contribution >= 4 is 17.8 Å². The number of benzene rings is 2. The van der Waals surface area contributed by atoms with Gasteiger partial charge in [0.2, 0.25) is 5.91 Å². The number of carbonyl (C=O) groups is 3. The number of nitrogens with zero attached hydrogens (tertiary/aromatic N) is 2. The zero-order chi connectivity index (χ0) is 42.3. The van der Waals surface area contributed by atoms with E-state index in [1.165, 1.54) is 51.8 Å². The van der Waals surface area contributed by atoms with E-state index >= 15 is 0 Å². The molecule has 3 N–H and O–H groups in total. The molecule has 8 rings (SSSR count). The number of nitrogens with one attached hydrogen (secondary N) is 2. The molecule has 1 heterocycles. The minimum atomic E-state index is -0.413. The predicted octanol–water partition coefficient (Wildman–Crippen LogP) is 8.55. The Bertz CT molecular complexity index is 2030. The highest BCUT2D eigenvalue weighted by Crippen LogP contribution is 2.73. The van der Waals surface area contributed by atoms with Gasteiger partial charge in [-0.3, -0.25) is 9.59 Å². The second kappa shape index (κ2) is 16.9. The molecule has 0 radical (unpaired) electrons.